The van der Waals surface area contributed by atoms with Crippen LogP contribution >= 0.6 is 0 Å². The lowest BCUT2D eigenvalue weighted by Gasteiger charge is -2.34. The van der Waals surface area contributed by atoms with Crippen molar-refractivity contribution in [3.05, 3.63) is 53.6 Å². The molecule has 9 heteroatoms. The zero-order valence-electron chi connectivity index (χ0n) is 18.1. The molecule has 2 aromatic carbocycles. The van der Waals surface area contributed by atoms with E-state index in [9.17, 15) is 13.2 Å². The Morgan fingerprint density at radius 3 is 2.42 bits per heavy atom. The van der Waals surface area contributed by atoms with Gasteiger partial charge in [-0.15, -0.1) is 0 Å². The largest absolute Gasteiger partial charge is 0.493 e. The monoisotopic (exact) mass is 448 g/mol. The number of morpholine rings is 1. The zero-order valence-corrected chi connectivity index (χ0v) is 18.9. The van der Waals surface area contributed by atoms with E-state index in [-0.39, 0.29) is 48.2 Å². The van der Waals surface area contributed by atoms with Crippen LogP contribution in [0.2, 0.25) is 0 Å². The van der Waals surface area contributed by atoms with Gasteiger partial charge in [0.25, 0.3) is 5.91 Å². The van der Waals surface area contributed by atoms with Crippen LogP contribution in [0.5, 0.6) is 11.5 Å². The number of benzene rings is 2. The highest BCUT2D eigenvalue weighted by Gasteiger charge is 2.32. The van der Waals surface area contributed by atoms with Crippen LogP contribution in [0.4, 0.5) is 0 Å². The SMILES string of the molecule is COc1cccc(CNC(=O)c2cccc(S(=O)(=O)N3CC(C)OC(C)C3)c2)c1OC. The number of nitrogens with zero attached hydrogens (tertiary/aromatic N) is 1. The Balaban J connectivity index is 1.76. The van der Waals surface area contributed by atoms with E-state index < -0.39 is 10.0 Å². The maximum absolute atomic E-state index is 13.1. The van der Waals surface area contributed by atoms with Crippen LogP contribution in [-0.2, 0) is 21.3 Å². The molecule has 31 heavy (non-hydrogen) atoms. The van der Waals surface area contributed by atoms with E-state index >= 15 is 0 Å². The average molecular weight is 449 g/mol. The Morgan fingerprint density at radius 2 is 1.77 bits per heavy atom. The fourth-order valence-electron chi connectivity index (χ4n) is 3.64. The predicted octanol–water partition coefficient (Wildman–Crippen LogP) is 2.43. The summed E-state index contributed by atoms with van der Waals surface area (Å²) in [7, 11) is -0.658. The van der Waals surface area contributed by atoms with E-state index in [4.69, 9.17) is 14.2 Å². The Hall–Kier alpha value is -2.62. The maximum Gasteiger partial charge on any atom is 0.251 e. The minimum absolute atomic E-state index is 0.0837. The Morgan fingerprint density at radius 1 is 1.10 bits per heavy atom. The van der Waals surface area contributed by atoms with Gasteiger partial charge in [-0.1, -0.05) is 18.2 Å². The second-order valence-electron chi connectivity index (χ2n) is 7.44. The summed E-state index contributed by atoms with van der Waals surface area (Å²) in [6.45, 7) is 4.44. The highest BCUT2D eigenvalue weighted by atomic mass is 32.2. The minimum atomic E-state index is -3.73. The number of para-hydroxylation sites is 1. The van der Waals surface area contributed by atoms with Gasteiger partial charge in [0.2, 0.25) is 10.0 Å². The quantitative estimate of drug-likeness (QED) is 0.699. The first-order chi connectivity index (χ1) is 14.8. The van der Waals surface area contributed by atoms with Crippen molar-refractivity contribution in [3.8, 4) is 11.5 Å². The number of nitrogens with one attached hydrogen (secondary N) is 1. The van der Waals surface area contributed by atoms with Crippen molar-refractivity contribution in [2.24, 2.45) is 0 Å². The normalized spacial score (nSPS) is 19.6. The van der Waals surface area contributed by atoms with Crippen LogP contribution in [0.3, 0.4) is 0 Å². The molecule has 1 saturated heterocycles. The van der Waals surface area contributed by atoms with E-state index in [0.29, 0.717) is 11.5 Å². The number of methoxy groups -OCH3 is 2. The molecule has 168 valence electrons. The number of hydrogen-bond donors (Lipinski definition) is 1. The van der Waals surface area contributed by atoms with Gasteiger partial charge in [0.05, 0.1) is 31.3 Å². The van der Waals surface area contributed by atoms with Crippen molar-refractivity contribution < 1.29 is 27.4 Å². The second kappa shape index (κ2) is 9.67. The Kier molecular flexibility index (Phi) is 7.19. The highest BCUT2D eigenvalue weighted by molar-refractivity contribution is 7.89. The van der Waals surface area contributed by atoms with Gasteiger partial charge in [0.15, 0.2) is 11.5 Å². The molecule has 0 aromatic heterocycles. The molecule has 1 N–H and O–H groups in total. The topological polar surface area (TPSA) is 94.2 Å². The summed E-state index contributed by atoms with van der Waals surface area (Å²) in [5.74, 6) is 0.721. The van der Waals surface area contributed by atoms with E-state index in [1.54, 1.807) is 31.4 Å². The van der Waals surface area contributed by atoms with Crippen LogP contribution in [0, 0.1) is 0 Å². The highest BCUT2D eigenvalue weighted by Crippen LogP contribution is 2.30. The van der Waals surface area contributed by atoms with Gasteiger partial charge in [-0.2, -0.15) is 4.31 Å². The van der Waals surface area contributed by atoms with Gasteiger partial charge in [0.1, 0.15) is 0 Å². The third-order valence-corrected chi connectivity index (χ3v) is 6.87. The Bertz CT molecular complexity index is 1030. The van der Waals surface area contributed by atoms with Crippen molar-refractivity contribution in [2.75, 3.05) is 27.3 Å². The fourth-order valence-corrected chi connectivity index (χ4v) is 5.28. The summed E-state index contributed by atoms with van der Waals surface area (Å²) in [4.78, 5) is 12.8. The molecule has 0 bridgehead atoms. The number of rotatable bonds is 7. The summed E-state index contributed by atoms with van der Waals surface area (Å²) >= 11 is 0. The van der Waals surface area contributed by atoms with Gasteiger partial charge in [-0.05, 0) is 38.1 Å². The average Bonchev–Trinajstić information content (AvgIpc) is 2.76. The smallest absolute Gasteiger partial charge is 0.251 e. The number of sulfonamides is 1. The lowest BCUT2D eigenvalue weighted by Crippen LogP contribution is -2.48. The number of ether oxygens (including phenoxy) is 3. The van der Waals surface area contributed by atoms with Crippen molar-refractivity contribution >= 4 is 15.9 Å². The summed E-state index contributed by atoms with van der Waals surface area (Å²) in [6, 6.07) is 11.5. The molecule has 0 saturated carbocycles. The molecular weight excluding hydrogens is 420 g/mol. The van der Waals surface area contributed by atoms with Crippen molar-refractivity contribution in [2.45, 2.75) is 37.5 Å². The van der Waals surface area contributed by atoms with Crippen LogP contribution in [0.15, 0.2) is 47.4 Å². The molecule has 1 heterocycles. The summed E-state index contributed by atoms with van der Waals surface area (Å²) < 4.78 is 43.9. The van der Waals surface area contributed by atoms with E-state index in [0.717, 1.165) is 5.56 Å². The second-order valence-corrected chi connectivity index (χ2v) is 9.38. The lowest BCUT2D eigenvalue weighted by atomic mass is 10.1. The third-order valence-electron chi connectivity index (χ3n) is 5.04. The zero-order chi connectivity index (χ0) is 22.6. The molecule has 1 amide bonds. The van der Waals surface area contributed by atoms with Crippen LogP contribution in [-0.4, -0.2) is 58.1 Å². The summed E-state index contributed by atoms with van der Waals surface area (Å²) in [6.07, 6.45) is -0.384. The predicted molar refractivity (Wildman–Crippen MR) is 116 cm³/mol. The van der Waals surface area contributed by atoms with Gasteiger partial charge in [0, 0.05) is 30.8 Å². The molecule has 2 atom stereocenters. The molecule has 2 unspecified atom stereocenters. The van der Waals surface area contributed by atoms with Gasteiger partial charge >= 0.3 is 0 Å². The summed E-state index contributed by atoms with van der Waals surface area (Å²) in [5.41, 5.74) is 1.01. The molecule has 1 aliphatic rings. The van der Waals surface area contributed by atoms with Crippen LogP contribution in [0.25, 0.3) is 0 Å². The first-order valence-corrected chi connectivity index (χ1v) is 11.4. The molecule has 2 aromatic rings. The molecule has 3 rings (SSSR count). The number of amides is 1. The molecule has 0 radical (unpaired) electrons. The van der Waals surface area contributed by atoms with Gasteiger partial charge < -0.3 is 19.5 Å². The van der Waals surface area contributed by atoms with Crippen LogP contribution < -0.4 is 14.8 Å². The van der Waals surface area contributed by atoms with E-state index in [2.05, 4.69) is 5.32 Å². The standard InChI is InChI=1S/C22H28N2O6S/c1-15-13-24(14-16(2)30-15)31(26,27)19-9-5-7-17(11-19)22(25)23-12-18-8-6-10-20(28-3)21(18)29-4/h5-11,15-16H,12-14H2,1-4H3,(H,23,25). The van der Waals surface area contributed by atoms with E-state index in [1.165, 1.54) is 23.5 Å². The van der Waals surface area contributed by atoms with Gasteiger partial charge in [-0.25, -0.2) is 8.42 Å². The number of carbonyl (C=O) groups excluding carboxylic acids is 1. The molecule has 1 fully saturated rings. The molecular formula is C22H28N2O6S. The maximum atomic E-state index is 13.1. The lowest BCUT2D eigenvalue weighted by molar-refractivity contribution is -0.0440. The first-order valence-electron chi connectivity index (χ1n) is 10.00. The number of carbonyl (C=O) groups is 1. The summed E-state index contributed by atoms with van der Waals surface area (Å²) in [5, 5.41) is 2.81. The third kappa shape index (κ3) is 5.17. The molecule has 0 aliphatic carbocycles. The van der Waals surface area contributed by atoms with Crippen LogP contribution in [0.1, 0.15) is 29.8 Å². The molecule has 8 nitrogen and oxygen atoms in total. The first kappa shape index (κ1) is 23.1. The minimum Gasteiger partial charge on any atom is -0.493 e. The molecule has 0 spiro atoms. The molecule has 1 aliphatic heterocycles. The van der Waals surface area contributed by atoms with Crippen molar-refractivity contribution in [1.82, 2.24) is 9.62 Å². The van der Waals surface area contributed by atoms with Gasteiger partial charge in [-0.3, -0.25) is 4.79 Å². The number of hydrogen-bond acceptors (Lipinski definition) is 6. The van der Waals surface area contributed by atoms with E-state index in [1.807, 2.05) is 19.9 Å². The van der Waals surface area contributed by atoms with Crippen molar-refractivity contribution in [1.29, 1.82) is 0 Å². The Labute approximate surface area is 183 Å². The van der Waals surface area contributed by atoms with Crippen molar-refractivity contribution in [3.63, 3.8) is 0 Å². The fraction of sp³-hybridized carbons (Fsp3) is 0.409.